The van der Waals surface area contributed by atoms with Crippen LogP contribution in [0.5, 0.6) is 5.75 Å². The highest BCUT2D eigenvalue weighted by atomic mass is 32.2. The minimum Gasteiger partial charge on any atom is -0.491 e. The Balaban J connectivity index is 2.01. The van der Waals surface area contributed by atoms with Gasteiger partial charge in [0.05, 0.1) is 31.3 Å². The van der Waals surface area contributed by atoms with Crippen LogP contribution in [-0.4, -0.2) is 72.6 Å². The molecule has 1 aromatic heterocycles. The normalized spacial score (nSPS) is 16.5. The zero-order chi connectivity index (χ0) is 22.8. The van der Waals surface area contributed by atoms with Crippen molar-refractivity contribution in [3.05, 3.63) is 30.1 Å². The summed E-state index contributed by atoms with van der Waals surface area (Å²) in [6, 6.07) is 3.93. The van der Waals surface area contributed by atoms with Gasteiger partial charge in [-0.1, -0.05) is 0 Å². The van der Waals surface area contributed by atoms with Gasteiger partial charge in [-0.2, -0.15) is 5.10 Å². The third-order valence-electron chi connectivity index (χ3n) is 5.58. The van der Waals surface area contributed by atoms with Crippen molar-refractivity contribution in [2.75, 3.05) is 38.0 Å². The Morgan fingerprint density at radius 2 is 2.13 bits per heavy atom. The van der Waals surface area contributed by atoms with E-state index in [0.717, 1.165) is 41.5 Å². The van der Waals surface area contributed by atoms with Gasteiger partial charge in [-0.15, -0.1) is 0 Å². The molecule has 1 amide bonds. The SMILES string of the molecule is CC(=O)N1c2ccc(-c3cnn(CCO)c3)c(OCCN(C)S(C)(=O)=O)c2CCC1C. The van der Waals surface area contributed by atoms with Crippen molar-refractivity contribution >= 4 is 21.6 Å². The Kier molecular flexibility index (Phi) is 7.03. The van der Waals surface area contributed by atoms with E-state index in [-0.39, 0.29) is 31.7 Å². The molecule has 0 spiro atoms. The van der Waals surface area contributed by atoms with Gasteiger partial charge in [0.1, 0.15) is 12.4 Å². The molecular formula is C21H30N4O5S. The summed E-state index contributed by atoms with van der Waals surface area (Å²) in [6.07, 6.45) is 6.25. The fourth-order valence-electron chi connectivity index (χ4n) is 3.85. The lowest BCUT2D eigenvalue weighted by molar-refractivity contribution is -0.117. The number of carbonyl (C=O) groups excluding carboxylic acids is 1. The molecule has 10 heteroatoms. The number of rotatable bonds is 8. The monoisotopic (exact) mass is 450 g/mol. The number of aromatic nitrogens is 2. The second-order valence-corrected chi connectivity index (χ2v) is 9.95. The van der Waals surface area contributed by atoms with Gasteiger partial charge in [0, 0.05) is 49.4 Å². The van der Waals surface area contributed by atoms with Crippen molar-refractivity contribution in [2.24, 2.45) is 0 Å². The van der Waals surface area contributed by atoms with Gasteiger partial charge < -0.3 is 14.7 Å². The Bertz CT molecular complexity index is 1050. The minimum atomic E-state index is -3.30. The van der Waals surface area contributed by atoms with Gasteiger partial charge in [0.2, 0.25) is 15.9 Å². The average Bonchev–Trinajstić information content (AvgIpc) is 3.15. The average molecular weight is 451 g/mol. The van der Waals surface area contributed by atoms with Gasteiger partial charge in [-0.25, -0.2) is 12.7 Å². The number of ether oxygens (including phenoxy) is 1. The summed E-state index contributed by atoms with van der Waals surface area (Å²) in [5.41, 5.74) is 3.41. The van der Waals surface area contributed by atoms with Gasteiger partial charge in [0.25, 0.3) is 0 Å². The van der Waals surface area contributed by atoms with Gasteiger partial charge in [-0.05, 0) is 31.9 Å². The molecule has 0 radical (unpaired) electrons. The van der Waals surface area contributed by atoms with Crippen LogP contribution in [0, 0.1) is 0 Å². The summed E-state index contributed by atoms with van der Waals surface area (Å²) in [4.78, 5) is 14.1. The first-order chi connectivity index (χ1) is 14.6. The topological polar surface area (TPSA) is 105 Å². The summed E-state index contributed by atoms with van der Waals surface area (Å²) in [5.74, 6) is 0.612. The van der Waals surface area contributed by atoms with Crippen LogP contribution in [0.1, 0.15) is 25.8 Å². The molecule has 2 aromatic rings. The van der Waals surface area contributed by atoms with Crippen molar-refractivity contribution in [1.29, 1.82) is 0 Å². The number of carbonyl (C=O) groups is 1. The molecule has 170 valence electrons. The minimum absolute atomic E-state index is 0.0159. The molecule has 0 saturated carbocycles. The largest absolute Gasteiger partial charge is 0.491 e. The summed E-state index contributed by atoms with van der Waals surface area (Å²) < 4.78 is 32.5. The maximum atomic E-state index is 12.3. The van der Waals surface area contributed by atoms with E-state index in [4.69, 9.17) is 4.74 Å². The molecule has 2 heterocycles. The zero-order valence-corrected chi connectivity index (χ0v) is 19.2. The third kappa shape index (κ3) is 5.08. The second-order valence-electron chi connectivity index (χ2n) is 7.87. The number of fused-ring (bicyclic) bond motifs is 1. The Morgan fingerprint density at radius 1 is 1.39 bits per heavy atom. The molecule has 0 fully saturated rings. The van der Waals surface area contributed by atoms with Crippen LogP contribution < -0.4 is 9.64 Å². The van der Waals surface area contributed by atoms with Crippen LogP contribution in [0.2, 0.25) is 0 Å². The first-order valence-electron chi connectivity index (χ1n) is 10.3. The molecule has 0 bridgehead atoms. The third-order valence-corrected chi connectivity index (χ3v) is 6.89. The number of sulfonamides is 1. The van der Waals surface area contributed by atoms with Crippen molar-refractivity contribution < 1.29 is 23.1 Å². The van der Waals surface area contributed by atoms with Gasteiger partial charge in [-0.3, -0.25) is 9.48 Å². The number of hydrogen-bond acceptors (Lipinski definition) is 6. The van der Waals surface area contributed by atoms with E-state index in [0.29, 0.717) is 12.3 Å². The molecule has 31 heavy (non-hydrogen) atoms. The molecule has 0 saturated heterocycles. The van der Waals surface area contributed by atoms with E-state index in [2.05, 4.69) is 5.10 Å². The van der Waals surface area contributed by atoms with E-state index in [9.17, 15) is 18.3 Å². The quantitative estimate of drug-likeness (QED) is 0.654. The predicted molar refractivity (Wildman–Crippen MR) is 119 cm³/mol. The maximum absolute atomic E-state index is 12.3. The van der Waals surface area contributed by atoms with Crippen LogP contribution in [0.4, 0.5) is 5.69 Å². The van der Waals surface area contributed by atoms with E-state index < -0.39 is 10.0 Å². The number of amides is 1. The number of aliphatic hydroxyl groups is 1. The number of likely N-dealkylation sites (N-methyl/N-ethyl adjacent to an activating group) is 1. The second kappa shape index (κ2) is 9.37. The summed E-state index contributed by atoms with van der Waals surface area (Å²) in [6.45, 7) is 4.33. The lowest BCUT2D eigenvalue weighted by Crippen LogP contribution is -2.41. The van der Waals surface area contributed by atoms with Crippen LogP contribution in [0.3, 0.4) is 0 Å². The Hall–Kier alpha value is -2.43. The highest BCUT2D eigenvalue weighted by molar-refractivity contribution is 7.88. The van der Waals surface area contributed by atoms with E-state index >= 15 is 0 Å². The molecule has 9 nitrogen and oxygen atoms in total. The standard InChI is InChI=1S/C21H30N4O5S/c1-15-5-6-19-20(25(15)16(2)27)8-7-18(17-13-22-24(14-17)9-11-26)21(19)30-12-10-23(3)31(4,28)29/h7-8,13-15,26H,5-6,9-12H2,1-4H3. The smallest absolute Gasteiger partial charge is 0.224 e. The lowest BCUT2D eigenvalue weighted by Gasteiger charge is -2.36. The molecule has 1 N–H and O–H groups in total. The van der Waals surface area contributed by atoms with Crippen LogP contribution in [-0.2, 0) is 27.8 Å². The van der Waals surface area contributed by atoms with Crippen molar-refractivity contribution in [2.45, 2.75) is 39.3 Å². The van der Waals surface area contributed by atoms with Crippen LogP contribution in [0.15, 0.2) is 24.5 Å². The number of nitrogens with zero attached hydrogens (tertiary/aromatic N) is 4. The fourth-order valence-corrected chi connectivity index (χ4v) is 4.25. The summed E-state index contributed by atoms with van der Waals surface area (Å²) >= 11 is 0. The molecule has 1 aliphatic heterocycles. The molecule has 1 aliphatic rings. The molecular weight excluding hydrogens is 420 g/mol. The van der Waals surface area contributed by atoms with Gasteiger partial charge >= 0.3 is 0 Å². The van der Waals surface area contributed by atoms with Crippen LogP contribution in [0.25, 0.3) is 11.1 Å². The van der Waals surface area contributed by atoms with E-state index in [1.54, 1.807) is 22.7 Å². The number of aliphatic hydroxyl groups excluding tert-OH is 1. The molecule has 3 rings (SSSR count). The first kappa shape index (κ1) is 23.2. The fraction of sp³-hybridized carbons (Fsp3) is 0.524. The number of hydrogen-bond donors (Lipinski definition) is 1. The Morgan fingerprint density at radius 3 is 2.77 bits per heavy atom. The number of benzene rings is 1. The van der Waals surface area contributed by atoms with Crippen molar-refractivity contribution in [3.63, 3.8) is 0 Å². The molecule has 0 aliphatic carbocycles. The molecule has 1 unspecified atom stereocenters. The van der Waals surface area contributed by atoms with E-state index in [1.807, 2.05) is 25.3 Å². The van der Waals surface area contributed by atoms with Crippen molar-refractivity contribution in [1.82, 2.24) is 14.1 Å². The number of anilines is 1. The Labute approximate surface area is 183 Å². The highest BCUT2D eigenvalue weighted by Gasteiger charge is 2.30. The highest BCUT2D eigenvalue weighted by Crippen LogP contribution is 2.43. The zero-order valence-electron chi connectivity index (χ0n) is 18.4. The lowest BCUT2D eigenvalue weighted by atomic mass is 9.92. The van der Waals surface area contributed by atoms with Crippen molar-refractivity contribution in [3.8, 4) is 16.9 Å². The summed E-state index contributed by atoms with van der Waals surface area (Å²) in [7, 11) is -1.79. The van der Waals surface area contributed by atoms with Gasteiger partial charge in [0.15, 0.2) is 0 Å². The van der Waals surface area contributed by atoms with E-state index in [1.165, 1.54) is 11.4 Å². The summed E-state index contributed by atoms with van der Waals surface area (Å²) in [5, 5.41) is 13.5. The molecule has 1 atom stereocenters. The maximum Gasteiger partial charge on any atom is 0.224 e. The van der Waals surface area contributed by atoms with Crippen LogP contribution >= 0.6 is 0 Å². The molecule has 1 aromatic carbocycles. The first-order valence-corrected chi connectivity index (χ1v) is 12.1. The predicted octanol–water partition coefficient (Wildman–Crippen LogP) is 1.50.